The van der Waals surface area contributed by atoms with Crippen molar-refractivity contribution in [3.8, 4) is 64.0 Å². The molecular formula is C118H137N17O11S4. The van der Waals surface area contributed by atoms with Crippen LogP contribution in [0, 0.1) is 59.2 Å². The fourth-order valence-corrected chi connectivity index (χ4v) is 25.4. The fourth-order valence-electron chi connectivity index (χ4n) is 21.2. The number of nitriles is 1. The van der Waals surface area contributed by atoms with Gasteiger partial charge in [-0.25, -0.2) is 19.9 Å². The molecule has 19 rings (SSSR count). The van der Waals surface area contributed by atoms with E-state index in [4.69, 9.17) is 46.3 Å². The molecule has 0 aliphatic carbocycles. The van der Waals surface area contributed by atoms with Crippen LogP contribution in [0.1, 0.15) is 220 Å². The summed E-state index contributed by atoms with van der Waals surface area (Å²) in [4.78, 5) is 137. The fraction of sp³-hybridized carbons (Fsp3) is 0.432. The molecule has 150 heavy (non-hydrogen) atoms. The van der Waals surface area contributed by atoms with Gasteiger partial charge < -0.3 is 76.8 Å². The molecule has 0 saturated carbocycles. The highest BCUT2D eigenvalue weighted by Gasteiger charge is 2.47. The zero-order valence-electron chi connectivity index (χ0n) is 87.1. The van der Waals surface area contributed by atoms with E-state index in [1.807, 2.05) is 113 Å². The van der Waals surface area contributed by atoms with Crippen molar-refractivity contribution in [2.24, 2.45) is 29.4 Å². The van der Waals surface area contributed by atoms with E-state index in [0.29, 0.717) is 76.4 Å². The second-order valence-electron chi connectivity index (χ2n) is 39.9. The number of hydrogen-bond acceptors (Lipinski definition) is 24. The van der Waals surface area contributed by atoms with Crippen molar-refractivity contribution in [2.75, 3.05) is 87.0 Å². The minimum atomic E-state index is -0.659. The van der Waals surface area contributed by atoms with E-state index in [2.05, 4.69) is 182 Å². The van der Waals surface area contributed by atoms with Crippen LogP contribution in [0.2, 0.25) is 0 Å². The first kappa shape index (κ1) is 110. The molecule has 7 saturated heterocycles. The number of ether oxygens (including phenoxy) is 3. The second kappa shape index (κ2) is 52.3. The minimum absolute atomic E-state index is 0.0164. The van der Waals surface area contributed by atoms with Crippen molar-refractivity contribution in [2.45, 2.75) is 217 Å². The van der Waals surface area contributed by atoms with E-state index >= 15 is 0 Å². The Balaban J connectivity index is 0.000000142. The van der Waals surface area contributed by atoms with Gasteiger partial charge in [0.15, 0.2) is 0 Å². The third-order valence-electron chi connectivity index (χ3n) is 29.9. The number of thiazole rings is 4. The van der Waals surface area contributed by atoms with Gasteiger partial charge in [0.05, 0.1) is 71.3 Å². The number of benzene rings is 8. The molecule has 0 unspecified atom stereocenters. The number of nitrogens with two attached hydrogens (primary N) is 1. The number of likely N-dealkylation sites (tertiary alicyclic amines) is 4. The van der Waals surface area contributed by atoms with Crippen LogP contribution in [0.25, 0.3) is 66.1 Å². The highest BCUT2D eigenvalue weighted by atomic mass is 32.1. The smallest absolute Gasteiger partial charge is 0.246 e. The van der Waals surface area contributed by atoms with Crippen molar-refractivity contribution in [1.29, 1.82) is 5.26 Å². The molecule has 0 radical (unpaired) electrons. The lowest BCUT2D eigenvalue weighted by Crippen LogP contribution is -2.56. The summed E-state index contributed by atoms with van der Waals surface area (Å²) in [7, 11) is 5.22. The first-order valence-corrected chi connectivity index (χ1v) is 56.0. The van der Waals surface area contributed by atoms with Gasteiger partial charge >= 0.3 is 0 Å². The van der Waals surface area contributed by atoms with Crippen molar-refractivity contribution in [3.63, 3.8) is 0 Å². The standard InChI is InChI=1S/C31H36N4O3S.C30H34N4O3S.C29H33N5O3S.C28H34N4O2S/c1-4-9-26-28(24-13-7-11-21-10-5-6-12-23(21)24)34-30(39-26)25-14-8-17-35(25)31(37)27(22-15-18-38-19-16-22)33-29(36)20(2)32-3;1-4-25-27(23-12-7-10-20-9-5-6-11-22(20)23)33-29(38-25)24-13-8-16-34(24)30(36)26(21-14-17-37-18-15-21)32-28(35)19(2)31-3;1-18(31-2)27(35)32-25(20-12-15-37-16-13-20)29(36)34-14-6-11-23(34)28-33-26(24(17-30)38-28)22-10-5-8-19-7-3-4-9-21(19)22;1-18(2)25(31-26(33)19(3)29)28(34)32-16-10-15-23(32)27-30-22(17-35-27)24(20-11-6-4-7-12-20)21-13-8-5-9-14-21/h5-7,10-13,20,22,25,27,32H,8,14-19H2,1-3H3,(H,33,36);1,5-7,9-12,19,21,24,26,31H,8,13-18H2,2-3H3,(H,32,35);3-5,7-10,18,20,23,25,31H,6,11-16H2,1-2H3,(H,32,35);4-9,11-14,17-19,23-25H,10,15-16,29H2,1-3H3,(H,31,33)/t20-,25-,27-;19-,24-,26-;18-,23-,25-;19-,23-,25-/m0000/s1. The molecular weight excluding hydrogens is 1960 g/mol. The molecule has 7 fully saturated rings. The van der Waals surface area contributed by atoms with Crippen molar-refractivity contribution < 1.29 is 52.6 Å². The first-order chi connectivity index (χ1) is 72.9. The average molecular weight is 2100 g/mol. The van der Waals surface area contributed by atoms with Crippen LogP contribution in [0.5, 0.6) is 0 Å². The molecule has 9 N–H and O–H groups in total. The molecule has 8 amide bonds. The molecule has 12 aromatic rings. The number of likely N-dealkylation sites (N-methyl/N-ethyl adjacent to an activating group) is 3. The summed E-state index contributed by atoms with van der Waals surface area (Å²) in [6, 6.07) is 61.4. The minimum Gasteiger partial charge on any atom is -0.381 e. The molecule has 0 spiro atoms. The summed E-state index contributed by atoms with van der Waals surface area (Å²) >= 11 is 6.05. The Kier molecular flexibility index (Phi) is 38.3. The van der Waals surface area contributed by atoms with Gasteiger partial charge in [0.2, 0.25) is 47.3 Å². The van der Waals surface area contributed by atoms with Crippen molar-refractivity contribution in [1.82, 2.24) is 76.8 Å². The lowest BCUT2D eigenvalue weighted by molar-refractivity contribution is -0.140. The first-order valence-electron chi connectivity index (χ1n) is 52.7. The van der Waals surface area contributed by atoms with Crippen LogP contribution in [-0.4, -0.2) is 222 Å². The second-order valence-corrected chi connectivity index (χ2v) is 43.9. The molecule has 7 aliphatic rings. The van der Waals surface area contributed by atoms with Gasteiger partial charge in [-0.15, -0.1) is 57.7 Å². The third kappa shape index (κ3) is 25.6. The van der Waals surface area contributed by atoms with Crippen LogP contribution in [0.15, 0.2) is 193 Å². The summed E-state index contributed by atoms with van der Waals surface area (Å²) in [5.74, 6) is 8.23. The van der Waals surface area contributed by atoms with Gasteiger partial charge in [-0.2, -0.15) is 5.26 Å². The average Bonchev–Trinajstić information content (AvgIpc) is 1.63. The van der Waals surface area contributed by atoms with Gasteiger partial charge in [-0.3, -0.25) is 38.4 Å². The number of fused-ring (bicyclic) bond motifs is 3. The van der Waals surface area contributed by atoms with Crippen LogP contribution in [0.3, 0.4) is 0 Å². The van der Waals surface area contributed by atoms with E-state index in [-0.39, 0.29) is 113 Å². The number of hydrogen-bond donors (Lipinski definition) is 8. The van der Waals surface area contributed by atoms with Crippen LogP contribution >= 0.6 is 45.3 Å². The Morgan fingerprint density at radius 3 is 1.07 bits per heavy atom. The van der Waals surface area contributed by atoms with E-state index < -0.39 is 36.3 Å². The Morgan fingerprint density at radius 1 is 0.400 bits per heavy atom. The monoisotopic (exact) mass is 2100 g/mol. The van der Waals surface area contributed by atoms with Gasteiger partial charge in [0.1, 0.15) is 70.6 Å². The zero-order chi connectivity index (χ0) is 106. The van der Waals surface area contributed by atoms with Crippen LogP contribution in [-0.2, 0) is 52.6 Å². The van der Waals surface area contributed by atoms with Gasteiger partial charge in [0, 0.05) is 87.9 Å². The van der Waals surface area contributed by atoms with Crippen molar-refractivity contribution in [3.05, 3.63) is 245 Å². The maximum Gasteiger partial charge on any atom is 0.246 e. The highest BCUT2D eigenvalue weighted by molar-refractivity contribution is 7.13. The number of carbonyl (C=O) groups is 8. The predicted octanol–water partition coefficient (Wildman–Crippen LogP) is 17.1. The molecule has 12 atom stereocenters. The number of nitrogens with zero attached hydrogens (tertiary/aromatic N) is 9. The van der Waals surface area contributed by atoms with Gasteiger partial charge in [-0.1, -0.05) is 214 Å². The quantitative estimate of drug-likeness (QED) is 0.0202. The Labute approximate surface area is 895 Å². The van der Waals surface area contributed by atoms with Gasteiger partial charge in [0.25, 0.3) is 0 Å². The number of nitrogens with one attached hydrogen (secondary N) is 7. The zero-order valence-corrected chi connectivity index (χ0v) is 90.3. The largest absolute Gasteiger partial charge is 0.381 e. The predicted molar refractivity (Wildman–Crippen MR) is 593 cm³/mol. The summed E-state index contributed by atoms with van der Waals surface area (Å²) < 4.78 is 16.6. The van der Waals surface area contributed by atoms with E-state index in [9.17, 15) is 43.6 Å². The number of aromatic nitrogens is 4. The Morgan fingerprint density at radius 2 is 0.727 bits per heavy atom. The lowest BCUT2D eigenvalue weighted by atomic mass is 9.89. The van der Waals surface area contributed by atoms with Crippen molar-refractivity contribution >= 4 is 125 Å². The number of terminal acetylenes is 1. The summed E-state index contributed by atoms with van der Waals surface area (Å²) in [5, 5.41) is 43.2. The normalized spacial score (nSPS) is 19.1. The molecule has 7 aliphatic heterocycles. The number of carbonyl (C=O) groups excluding carboxylic acids is 8. The molecule has 28 nitrogen and oxygen atoms in total. The molecule has 32 heteroatoms. The van der Waals surface area contributed by atoms with Gasteiger partial charge in [-0.05, 0) is 213 Å². The summed E-state index contributed by atoms with van der Waals surface area (Å²) in [5.41, 5.74) is 14.4. The topological polar surface area (TPSA) is 363 Å². The molecule has 4 aromatic heterocycles. The SMILES string of the molecule is C#Cc1sc([C@@H]2CCCN2C(=O)[C@@H](NC(=O)[C@H](C)NC)C2CCOCC2)nc1-c1cccc2ccccc12.CC#Cc1sc([C@@H]2CCCN2C(=O)[C@@H](NC(=O)[C@H](C)NC)C2CCOCC2)nc1-c1cccc2ccccc12.CC(C)[C@H](NC(=O)[C@H](C)N)C(=O)N1CCC[C@H]1c1nc(C(c2ccccc2)c2ccccc2)cs1.CN[C@@H](C)C(=O)N[C@H](C(=O)N1CCC[C@H]1c1nc(-c2cccc3ccccc23)c(C#N)s1)C1CCOCC1. The molecule has 0 bridgehead atoms. The highest BCUT2D eigenvalue weighted by Crippen LogP contribution is 2.47. The Hall–Kier alpha value is -12.9. The number of amides is 8. The van der Waals surface area contributed by atoms with Crippen LogP contribution < -0.4 is 43.0 Å². The maximum atomic E-state index is 14.1. The third-order valence-corrected chi connectivity index (χ3v) is 34.1. The van der Waals surface area contributed by atoms with E-state index in [1.165, 1.54) is 33.8 Å². The van der Waals surface area contributed by atoms with Crippen LogP contribution in [0.4, 0.5) is 0 Å². The molecule has 11 heterocycles. The molecule has 784 valence electrons. The van der Waals surface area contributed by atoms with E-state index in [1.54, 1.807) is 71.5 Å². The molecule has 8 aromatic carbocycles. The lowest BCUT2D eigenvalue weighted by Gasteiger charge is -2.35. The Bertz CT molecular complexity index is 6600. The summed E-state index contributed by atoms with van der Waals surface area (Å²) in [6.07, 6.45) is 17.2. The summed E-state index contributed by atoms with van der Waals surface area (Å²) in [6.45, 7) is 18.9. The maximum absolute atomic E-state index is 14.1. The number of rotatable bonds is 29. The van der Waals surface area contributed by atoms with E-state index in [0.717, 1.165) is 186 Å².